The van der Waals surface area contributed by atoms with Gasteiger partial charge < -0.3 is 19.9 Å². The van der Waals surface area contributed by atoms with Crippen LogP contribution in [-0.4, -0.2) is 50.6 Å². The molecule has 0 spiro atoms. The number of nitrogens with one attached hydrogen (secondary N) is 2. The topological polar surface area (TPSA) is 133 Å². The number of nitrogens with zero attached hydrogens (tertiary/aromatic N) is 3. The van der Waals surface area contributed by atoms with Gasteiger partial charge in [0.1, 0.15) is 0 Å². The summed E-state index contributed by atoms with van der Waals surface area (Å²) in [7, 11) is 0. The van der Waals surface area contributed by atoms with Gasteiger partial charge in [-0.2, -0.15) is 13.2 Å². The average Bonchev–Trinajstić information content (AvgIpc) is 3.20. The molecule has 0 aliphatic rings. The number of rotatable bonds is 7. The van der Waals surface area contributed by atoms with Crippen molar-refractivity contribution in [3.8, 4) is 11.3 Å². The zero-order valence-corrected chi connectivity index (χ0v) is 15.2. The van der Waals surface area contributed by atoms with E-state index in [9.17, 15) is 23.1 Å². The smallest absolute Gasteiger partial charge is 0.416 e. The van der Waals surface area contributed by atoms with E-state index in [4.69, 9.17) is 9.52 Å². The number of halogens is 3. The van der Waals surface area contributed by atoms with Crippen molar-refractivity contribution in [2.75, 3.05) is 18.5 Å². The predicted octanol–water partition coefficient (Wildman–Crippen LogP) is 1.98. The first-order valence-corrected chi connectivity index (χ1v) is 8.57. The first-order valence-electron chi connectivity index (χ1n) is 8.57. The van der Waals surface area contributed by atoms with Gasteiger partial charge in [0, 0.05) is 12.1 Å². The highest BCUT2D eigenvalue weighted by Crippen LogP contribution is 2.31. The molecule has 1 atom stereocenters. The first kappa shape index (κ1) is 21.2. The van der Waals surface area contributed by atoms with E-state index >= 15 is 0 Å². The molecule has 4 N–H and O–H groups in total. The number of aliphatic hydroxyl groups excluding tert-OH is 2. The standard InChI is InChI=1S/C18H16F3N5O4/c19-18(20,21)11-3-1-10(2-4-11)14-8-23-17(30-14)24-15-6-5-13(25-26-15)16(29)22-7-12(28)9-27/h1-6,8,12,27-28H,7,9H2,(H,22,29)(H,23,24,26). The highest BCUT2D eigenvalue weighted by Gasteiger charge is 2.30. The molecule has 1 amide bonds. The van der Waals surface area contributed by atoms with Crippen LogP contribution in [-0.2, 0) is 6.18 Å². The number of alkyl halides is 3. The van der Waals surface area contributed by atoms with Crippen LogP contribution in [0.1, 0.15) is 16.1 Å². The van der Waals surface area contributed by atoms with Crippen molar-refractivity contribution in [2.45, 2.75) is 12.3 Å². The van der Waals surface area contributed by atoms with Crippen molar-refractivity contribution in [1.29, 1.82) is 0 Å². The summed E-state index contributed by atoms with van der Waals surface area (Å²) >= 11 is 0. The molecule has 12 heteroatoms. The number of hydrogen-bond donors (Lipinski definition) is 4. The molecule has 0 aliphatic heterocycles. The minimum Gasteiger partial charge on any atom is -0.423 e. The second kappa shape index (κ2) is 8.88. The number of aromatic nitrogens is 3. The fourth-order valence-electron chi connectivity index (χ4n) is 2.28. The van der Waals surface area contributed by atoms with Gasteiger partial charge in [-0.1, -0.05) is 12.1 Å². The number of anilines is 2. The van der Waals surface area contributed by atoms with Gasteiger partial charge in [-0.15, -0.1) is 10.2 Å². The van der Waals surface area contributed by atoms with Crippen LogP contribution in [0.3, 0.4) is 0 Å². The summed E-state index contributed by atoms with van der Waals surface area (Å²) in [6.07, 6.45) is -4.16. The highest BCUT2D eigenvalue weighted by atomic mass is 19.4. The van der Waals surface area contributed by atoms with Crippen LogP contribution < -0.4 is 10.6 Å². The Morgan fingerprint density at radius 3 is 2.47 bits per heavy atom. The Kier molecular flexibility index (Phi) is 6.28. The summed E-state index contributed by atoms with van der Waals surface area (Å²) in [6.45, 7) is -0.626. The monoisotopic (exact) mass is 423 g/mol. The van der Waals surface area contributed by atoms with Gasteiger partial charge in [-0.05, 0) is 24.3 Å². The average molecular weight is 423 g/mol. The minimum atomic E-state index is -4.42. The van der Waals surface area contributed by atoms with Crippen LogP contribution in [0.5, 0.6) is 0 Å². The molecule has 0 saturated heterocycles. The second-order valence-electron chi connectivity index (χ2n) is 6.08. The van der Waals surface area contributed by atoms with E-state index in [1.54, 1.807) is 0 Å². The second-order valence-corrected chi connectivity index (χ2v) is 6.08. The fourth-order valence-corrected chi connectivity index (χ4v) is 2.28. The lowest BCUT2D eigenvalue weighted by molar-refractivity contribution is -0.137. The molecule has 0 radical (unpaired) electrons. The number of benzene rings is 1. The third-order valence-electron chi connectivity index (χ3n) is 3.84. The van der Waals surface area contributed by atoms with E-state index in [0.717, 1.165) is 12.1 Å². The maximum Gasteiger partial charge on any atom is 0.416 e. The largest absolute Gasteiger partial charge is 0.423 e. The fraction of sp³-hybridized carbons (Fsp3) is 0.222. The van der Waals surface area contributed by atoms with E-state index in [1.165, 1.54) is 30.5 Å². The summed E-state index contributed by atoms with van der Waals surface area (Å²) < 4.78 is 43.4. The Bertz CT molecular complexity index is 990. The summed E-state index contributed by atoms with van der Waals surface area (Å²) in [4.78, 5) is 15.8. The number of aliphatic hydroxyl groups is 2. The van der Waals surface area contributed by atoms with Crippen molar-refractivity contribution in [1.82, 2.24) is 20.5 Å². The Morgan fingerprint density at radius 1 is 1.13 bits per heavy atom. The Morgan fingerprint density at radius 2 is 1.87 bits per heavy atom. The molecule has 158 valence electrons. The maximum absolute atomic E-state index is 12.6. The van der Waals surface area contributed by atoms with E-state index in [1.807, 2.05) is 0 Å². The third-order valence-corrected chi connectivity index (χ3v) is 3.84. The number of carbonyl (C=O) groups is 1. The lowest BCUT2D eigenvalue weighted by atomic mass is 10.1. The molecule has 0 aliphatic carbocycles. The third kappa shape index (κ3) is 5.30. The molecule has 1 unspecified atom stereocenters. The summed E-state index contributed by atoms with van der Waals surface area (Å²) in [5.41, 5.74) is -0.371. The van der Waals surface area contributed by atoms with Crippen LogP contribution >= 0.6 is 0 Å². The van der Waals surface area contributed by atoms with Crippen LogP contribution in [0, 0.1) is 0 Å². The van der Waals surface area contributed by atoms with Crippen LogP contribution in [0.25, 0.3) is 11.3 Å². The molecule has 2 aromatic heterocycles. The number of amides is 1. The van der Waals surface area contributed by atoms with Crippen LogP contribution in [0.2, 0.25) is 0 Å². The maximum atomic E-state index is 12.6. The van der Waals surface area contributed by atoms with Crippen LogP contribution in [0.15, 0.2) is 47.0 Å². The van der Waals surface area contributed by atoms with E-state index in [2.05, 4.69) is 25.8 Å². The van der Waals surface area contributed by atoms with Gasteiger partial charge in [0.05, 0.1) is 24.5 Å². The molecule has 3 rings (SSSR count). The Hall–Kier alpha value is -3.51. The molecule has 2 heterocycles. The van der Waals surface area contributed by atoms with Crippen molar-refractivity contribution in [3.05, 3.63) is 53.9 Å². The van der Waals surface area contributed by atoms with Gasteiger partial charge >= 0.3 is 12.2 Å². The molecular formula is C18H16F3N5O4. The van der Waals surface area contributed by atoms with Gasteiger partial charge in [-0.3, -0.25) is 10.1 Å². The Balaban J connectivity index is 1.62. The van der Waals surface area contributed by atoms with Gasteiger partial charge in [0.2, 0.25) is 0 Å². The molecule has 1 aromatic carbocycles. The molecule has 30 heavy (non-hydrogen) atoms. The summed E-state index contributed by atoms with van der Waals surface area (Å²) in [5, 5.41) is 30.6. The van der Waals surface area contributed by atoms with Gasteiger partial charge in [0.25, 0.3) is 5.91 Å². The van der Waals surface area contributed by atoms with Crippen molar-refractivity contribution in [2.24, 2.45) is 0 Å². The zero-order chi connectivity index (χ0) is 21.7. The number of carbonyl (C=O) groups excluding carboxylic acids is 1. The Labute approximate surface area is 167 Å². The molecule has 3 aromatic rings. The molecule has 9 nitrogen and oxygen atoms in total. The van der Waals surface area contributed by atoms with Gasteiger partial charge in [0.15, 0.2) is 17.3 Å². The quantitative estimate of drug-likeness (QED) is 0.453. The normalized spacial score (nSPS) is 12.4. The molecular weight excluding hydrogens is 407 g/mol. The zero-order valence-electron chi connectivity index (χ0n) is 15.2. The number of oxazole rings is 1. The van der Waals surface area contributed by atoms with Crippen molar-refractivity contribution in [3.63, 3.8) is 0 Å². The number of hydrogen-bond acceptors (Lipinski definition) is 8. The predicted molar refractivity (Wildman–Crippen MR) is 97.7 cm³/mol. The first-order chi connectivity index (χ1) is 14.3. The van der Waals surface area contributed by atoms with Gasteiger partial charge in [-0.25, -0.2) is 4.98 Å². The van der Waals surface area contributed by atoms with Crippen molar-refractivity contribution >= 4 is 17.7 Å². The summed E-state index contributed by atoms with van der Waals surface area (Å²) in [5.74, 6) is -0.123. The molecule has 0 saturated carbocycles. The van der Waals surface area contributed by atoms with E-state index in [0.29, 0.717) is 5.56 Å². The highest BCUT2D eigenvalue weighted by molar-refractivity contribution is 5.92. The minimum absolute atomic E-state index is 0.0106. The summed E-state index contributed by atoms with van der Waals surface area (Å²) in [6, 6.07) is 7.27. The molecule has 0 fully saturated rings. The van der Waals surface area contributed by atoms with E-state index in [-0.39, 0.29) is 29.8 Å². The van der Waals surface area contributed by atoms with Crippen LogP contribution in [0.4, 0.5) is 25.0 Å². The SMILES string of the molecule is O=C(NCC(O)CO)c1ccc(Nc2ncc(-c3ccc(C(F)(F)F)cc3)o2)nn1. The van der Waals surface area contributed by atoms with E-state index < -0.39 is 30.4 Å². The molecule has 0 bridgehead atoms. The van der Waals surface area contributed by atoms with Crippen molar-refractivity contribution < 1.29 is 32.6 Å². The lowest BCUT2D eigenvalue weighted by Crippen LogP contribution is -2.34. The lowest BCUT2D eigenvalue weighted by Gasteiger charge is -2.08.